The molecule has 0 saturated heterocycles. The van der Waals surface area contributed by atoms with Crippen LogP contribution in [0.4, 0.5) is 0 Å². The third kappa shape index (κ3) is 2.17. The molecule has 0 aliphatic heterocycles. The molecule has 0 radical (unpaired) electrons. The molecule has 0 aromatic heterocycles. The van der Waals surface area contributed by atoms with Gasteiger partial charge in [0.15, 0.2) is 0 Å². The lowest BCUT2D eigenvalue weighted by Gasteiger charge is -2.13. The summed E-state index contributed by atoms with van der Waals surface area (Å²) < 4.78 is 0. The van der Waals surface area contributed by atoms with Crippen LogP contribution in [-0.2, 0) is 11.8 Å². The number of halogens is 1. The molecule has 0 amide bonds. The molecule has 2 aromatic carbocycles. The molecular formula is C18H11BrN2. The van der Waals surface area contributed by atoms with Gasteiger partial charge in [0.1, 0.15) is 12.1 Å². The van der Waals surface area contributed by atoms with Crippen molar-refractivity contribution in [2.45, 2.75) is 11.8 Å². The van der Waals surface area contributed by atoms with E-state index in [0.717, 1.165) is 32.8 Å². The van der Waals surface area contributed by atoms with E-state index in [1.807, 2.05) is 42.5 Å². The molecule has 2 nitrogen and oxygen atoms in total. The largest absolute Gasteiger partial charge is 0.192 e. The van der Waals surface area contributed by atoms with Crippen LogP contribution in [0.3, 0.4) is 0 Å². The van der Waals surface area contributed by atoms with Crippen molar-refractivity contribution in [3.05, 3.63) is 64.2 Å². The highest BCUT2D eigenvalue weighted by molar-refractivity contribution is 9.08. The van der Waals surface area contributed by atoms with Gasteiger partial charge in [0.05, 0.1) is 11.1 Å². The molecule has 0 heterocycles. The Hall–Kier alpha value is -2.36. The number of nitrogens with zero attached hydrogens (tertiary/aromatic N) is 2. The molecule has 21 heavy (non-hydrogen) atoms. The van der Waals surface area contributed by atoms with Gasteiger partial charge in [0, 0.05) is 16.1 Å². The van der Waals surface area contributed by atoms with Crippen LogP contribution < -0.4 is 0 Å². The summed E-state index contributed by atoms with van der Waals surface area (Å²) >= 11 is 3.44. The maximum absolute atomic E-state index is 9.61. The highest BCUT2D eigenvalue weighted by Crippen LogP contribution is 2.33. The molecule has 0 bridgehead atoms. The van der Waals surface area contributed by atoms with Gasteiger partial charge in [-0.05, 0) is 29.2 Å². The molecule has 1 aliphatic rings. The van der Waals surface area contributed by atoms with Crippen molar-refractivity contribution in [1.82, 2.24) is 0 Å². The summed E-state index contributed by atoms with van der Waals surface area (Å²) in [7, 11) is 0. The van der Waals surface area contributed by atoms with Crippen LogP contribution in [0.5, 0.6) is 0 Å². The zero-order valence-corrected chi connectivity index (χ0v) is 12.8. The van der Waals surface area contributed by atoms with Crippen molar-refractivity contribution in [3.8, 4) is 12.1 Å². The third-order valence-electron chi connectivity index (χ3n) is 3.73. The summed E-state index contributed by atoms with van der Waals surface area (Å²) in [6.07, 6.45) is 8.50. The number of allylic oxidation sites excluding steroid dienone is 3. The fraction of sp³-hybridized carbons (Fsp3) is 0.111. The third-order valence-corrected chi connectivity index (χ3v) is 4.38. The first-order valence-electron chi connectivity index (χ1n) is 6.61. The number of hydrogen-bond acceptors (Lipinski definition) is 2. The van der Waals surface area contributed by atoms with Gasteiger partial charge in [-0.3, -0.25) is 0 Å². The molecule has 0 saturated carbocycles. The van der Waals surface area contributed by atoms with Crippen LogP contribution in [0, 0.1) is 22.7 Å². The summed E-state index contributed by atoms with van der Waals surface area (Å²) in [5.41, 5.74) is 4.24. The molecule has 0 spiro atoms. The molecule has 100 valence electrons. The average Bonchev–Trinajstić information content (AvgIpc) is 2.77. The standard InChI is InChI=1S/C18H11BrN2/c19-9-12-6-7-15-16(8-12)18(11-21)14-5-3-1-2-4-13(14)17(15)10-20/h1-3,5-8H,4,9H2. The summed E-state index contributed by atoms with van der Waals surface area (Å²) in [6, 6.07) is 10.6. The Morgan fingerprint density at radius 2 is 1.86 bits per heavy atom. The Bertz CT molecular complexity index is 877. The predicted molar refractivity (Wildman–Crippen MR) is 87.9 cm³/mol. The van der Waals surface area contributed by atoms with E-state index in [4.69, 9.17) is 0 Å². The topological polar surface area (TPSA) is 47.6 Å². The monoisotopic (exact) mass is 334 g/mol. The molecule has 1 aliphatic carbocycles. The molecular weight excluding hydrogens is 324 g/mol. The highest BCUT2D eigenvalue weighted by atomic mass is 79.9. The van der Waals surface area contributed by atoms with E-state index >= 15 is 0 Å². The fourth-order valence-electron chi connectivity index (χ4n) is 2.75. The Kier molecular flexibility index (Phi) is 3.60. The van der Waals surface area contributed by atoms with E-state index in [1.165, 1.54) is 0 Å². The van der Waals surface area contributed by atoms with E-state index in [9.17, 15) is 10.5 Å². The SMILES string of the molecule is N#Cc1c2c(c(C#N)c3ccc(CBr)cc13)CC=CC=C2. The second kappa shape index (κ2) is 5.56. The van der Waals surface area contributed by atoms with E-state index in [1.54, 1.807) is 0 Å². The van der Waals surface area contributed by atoms with Crippen molar-refractivity contribution in [2.24, 2.45) is 0 Å². The lowest BCUT2D eigenvalue weighted by molar-refractivity contribution is 1.25. The fourth-order valence-corrected chi connectivity index (χ4v) is 3.10. The van der Waals surface area contributed by atoms with E-state index in [0.29, 0.717) is 17.5 Å². The van der Waals surface area contributed by atoms with Crippen LogP contribution in [0.25, 0.3) is 16.8 Å². The minimum atomic E-state index is 0.654. The maximum Gasteiger partial charge on any atom is 0.100 e. The van der Waals surface area contributed by atoms with Crippen molar-refractivity contribution < 1.29 is 0 Å². The van der Waals surface area contributed by atoms with E-state index in [2.05, 4.69) is 28.1 Å². The number of rotatable bonds is 1. The van der Waals surface area contributed by atoms with Gasteiger partial charge in [0.25, 0.3) is 0 Å². The van der Waals surface area contributed by atoms with Crippen LogP contribution in [0.1, 0.15) is 27.8 Å². The van der Waals surface area contributed by atoms with E-state index < -0.39 is 0 Å². The lowest BCUT2D eigenvalue weighted by Crippen LogP contribution is -1.99. The molecule has 0 N–H and O–H groups in total. The van der Waals surface area contributed by atoms with Crippen molar-refractivity contribution in [3.63, 3.8) is 0 Å². The van der Waals surface area contributed by atoms with Gasteiger partial charge in [-0.1, -0.05) is 52.4 Å². The number of benzene rings is 2. The van der Waals surface area contributed by atoms with Crippen LogP contribution in [0.2, 0.25) is 0 Å². The van der Waals surface area contributed by atoms with Crippen LogP contribution >= 0.6 is 15.9 Å². The van der Waals surface area contributed by atoms with Crippen LogP contribution in [-0.4, -0.2) is 0 Å². The Labute approximate surface area is 131 Å². The smallest absolute Gasteiger partial charge is 0.100 e. The molecule has 0 atom stereocenters. The van der Waals surface area contributed by atoms with Crippen molar-refractivity contribution in [1.29, 1.82) is 10.5 Å². The van der Waals surface area contributed by atoms with Gasteiger partial charge in [-0.15, -0.1) is 0 Å². The first kappa shape index (κ1) is 13.6. The summed E-state index contributed by atoms with van der Waals surface area (Å²) in [4.78, 5) is 0. The second-order valence-corrected chi connectivity index (χ2v) is 5.43. The first-order chi connectivity index (χ1) is 10.3. The van der Waals surface area contributed by atoms with Crippen molar-refractivity contribution in [2.75, 3.05) is 0 Å². The van der Waals surface area contributed by atoms with Gasteiger partial charge in [-0.25, -0.2) is 0 Å². The average molecular weight is 335 g/mol. The minimum Gasteiger partial charge on any atom is -0.192 e. The number of hydrogen-bond donors (Lipinski definition) is 0. The normalized spacial score (nSPS) is 12.5. The molecule has 3 rings (SSSR count). The van der Waals surface area contributed by atoms with Gasteiger partial charge < -0.3 is 0 Å². The molecule has 3 heteroatoms. The van der Waals surface area contributed by atoms with Crippen molar-refractivity contribution >= 4 is 32.8 Å². The number of nitriles is 2. The molecule has 0 fully saturated rings. The zero-order valence-electron chi connectivity index (χ0n) is 11.2. The predicted octanol–water partition coefficient (Wildman–Crippen LogP) is 4.60. The van der Waals surface area contributed by atoms with Crippen LogP contribution in [0.15, 0.2) is 36.4 Å². The molecule has 0 unspecified atom stereocenters. The first-order valence-corrected chi connectivity index (χ1v) is 7.73. The Morgan fingerprint density at radius 1 is 1.05 bits per heavy atom. The minimum absolute atomic E-state index is 0.654. The summed E-state index contributed by atoms with van der Waals surface area (Å²) in [5.74, 6) is 0. The lowest BCUT2D eigenvalue weighted by atomic mass is 9.88. The van der Waals surface area contributed by atoms with E-state index in [-0.39, 0.29) is 0 Å². The summed E-state index contributed by atoms with van der Waals surface area (Å²) in [6.45, 7) is 0. The summed E-state index contributed by atoms with van der Waals surface area (Å²) in [5, 5.41) is 21.6. The molecule has 2 aromatic rings. The highest BCUT2D eigenvalue weighted by Gasteiger charge is 2.18. The number of alkyl halides is 1. The Balaban J connectivity index is 2.52. The van der Waals surface area contributed by atoms with Gasteiger partial charge >= 0.3 is 0 Å². The quantitative estimate of drug-likeness (QED) is 0.715. The maximum atomic E-state index is 9.61. The second-order valence-electron chi connectivity index (χ2n) is 4.87. The number of fused-ring (bicyclic) bond motifs is 2. The zero-order chi connectivity index (χ0) is 14.8. The van der Waals surface area contributed by atoms with Gasteiger partial charge in [0.2, 0.25) is 0 Å². The van der Waals surface area contributed by atoms with Gasteiger partial charge in [-0.2, -0.15) is 10.5 Å². The Morgan fingerprint density at radius 3 is 2.57 bits per heavy atom.